The SMILES string of the molecule is CCN(CC)C(=O)C1CCC(C(=O)NC2CCCCC2)CC1. The van der Waals surface area contributed by atoms with E-state index in [4.69, 9.17) is 0 Å². The zero-order valence-electron chi connectivity index (χ0n) is 14.3. The van der Waals surface area contributed by atoms with E-state index in [0.717, 1.165) is 51.6 Å². The molecule has 0 saturated heterocycles. The Kier molecular flexibility index (Phi) is 6.71. The van der Waals surface area contributed by atoms with Gasteiger partial charge in [-0.15, -0.1) is 0 Å². The van der Waals surface area contributed by atoms with Crippen molar-refractivity contribution in [1.29, 1.82) is 0 Å². The molecule has 0 aromatic carbocycles. The van der Waals surface area contributed by atoms with Crippen LogP contribution in [0.5, 0.6) is 0 Å². The Morgan fingerprint density at radius 2 is 1.41 bits per heavy atom. The number of hydrogen-bond donors (Lipinski definition) is 1. The van der Waals surface area contributed by atoms with Crippen LogP contribution in [-0.2, 0) is 9.59 Å². The molecule has 2 aliphatic carbocycles. The minimum Gasteiger partial charge on any atom is -0.353 e. The first kappa shape index (κ1) is 17.3. The summed E-state index contributed by atoms with van der Waals surface area (Å²) in [6, 6.07) is 0.399. The van der Waals surface area contributed by atoms with Gasteiger partial charge in [0.1, 0.15) is 0 Å². The molecule has 4 nitrogen and oxygen atoms in total. The maximum absolute atomic E-state index is 12.4. The van der Waals surface area contributed by atoms with Crippen LogP contribution in [0.1, 0.15) is 71.6 Å². The van der Waals surface area contributed by atoms with Crippen molar-refractivity contribution in [2.75, 3.05) is 13.1 Å². The predicted molar refractivity (Wildman–Crippen MR) is 88.4 cm³/mol. The second-order valence-electron chi connectivity index (χ2n) is 6.90. The van der Waals surface area contributed by atoms with E-state index in [2.05, 4.69) is 5.32 Å². The molecule has 4 heteroatoms. The fourth-order valence-corrected chi connectivity index (χ4v) is 3.96. The molecular weight excluding hydrogens is 276 g/mol. The van der Waals surface area contributed by atoms with Crippen LogP contribution in [0.15, 0.2) is 0 Å². The number of amides is 2. The Bertz CT molecular complexity index is 365. The molecule has 0 radical (unpaired) electrons. The normalized spacial score (nSPS) is 26.5. The van der Waals surface area contributed by atoms with Gasteiger partial charge in [0.15, 0.2) is 0 Å². The standard InChI is InChI=1S/C18H32N2O2/c1-3-20(4-2)18(22)15-12-10-14(11-13-15)17(21)19-16-8-6-5-7-9-16/h14-16H,3-13H2,1-2H3,(H,19,21). The first-order chi connectivity index (χ1) is 10.7. The lowest BCUT2D eigenvalue weighted by molar-refractivity contribution is -0.138. The second-order valence-corrected chi connectivity index (χ2v) is 6.90. The van der Waals surface area contributed by atoms with Crippen molar-refractivity contribution in [1.82, 2.24) is 10.2 Å². The summed E-state index contributed by atoms with van der Waals surface area (Å²) in [5, 5.41) is 3.24. The van der Waals surface area contributed by atoms with Crippen molar-refractivity contribution in [2.45, 2.75) is 77.7 Å². The van der Waals surface area contributed by atoms with E-state index in [9.17, 15) is 9.59 Å². The largest absolute Gasteiger partial charge is 0.353 e. The molecule has 1 N–H and O–H groups in total. The van der Waals surface area contributed by atoms with Crippen molar-refractivity contribution >= 4 is 11.8 Å². The summed E-state index contributed by atoms with van der Waals surface area (Å²) in [5.41, 5.74) is 0. The van der Waals surface area contributed by atoms with E-state index in [1.54, 1.807) is 0 Å². The van der Waals surface area contributed by atoms with Crippen LogP contribution < -0.4 is 5.32 Å². The number of rotatable bonds is 5. The maximum Gasteiger partial charge on any atom is 0.225 e. The summed E-state index contributed by atoms with van der Waals surface area (Å²) in [6.07, 6.45) is 9.57. The third kappa shape index (κ3) is 4.47. The van der Waals surface area contributed by atoms with E-state index in [-0.39, 0.29) is 23.7 Å². The average molecular weight is 308 g/mol. The van der Waals surface area contributed by atoms with Crippen LogP contribution in [-0.4, -0.2) is 35.8 Å². The Labute approximate surface area is 135 Å². The Morgan fingerprint density at radius 3 is 1.95 bits per heavy atom. The third-order valence-electron chi connectivity index (χ3n) is 5.47. The summed E-state index contributed by atoms with van der Waals surface area (Å²) < 4.78 is 0. The maximum atomic E-state index is 12.4. The molecule has 2 rings (SSSR count). The molecule has 0 aliphatic heterocycles. The minimum absolute atomic E-state index is 0.127. The monoisotopic (exact) mass is 308 g/mol. The number of nitrogens with one attached hydrogen (secondary N) is 1. The van der Waals surface area contributed by atoms with Crippen LogP contribution in [0.25, 0.3) is 0 Å². The molecule has 0 atom stereocenters. The molecule has 126 valence electrons. The highest BCUT2D eigenvalue weighted by Crippen LogP contribution is 2.30. The molecule has 0 unspecified atom stereocenters. The van der Waals surface area contributed by atoms with E-state index in [0.29, 0.717) is 6.04 Å². The van der Waals surface area contributed by atoms with Gasteiger partial charge in [-0.1, -0.05) is 19.3 Å². The van der Waals surface area contributed by atoms with Crippen LogP contribution in [0, 0.1) is 11.8 Å². The van der Waals surface area contributed by atoms with Gasteiger partial charge in [-0.2, -0.15) is 0 Å². The smallest absolute Gasteiger partial charge is 0.225 e. The van der Waals surface area contributed by atoms with E-state index < -0.39 is 0 Å². The quantitative estimate of drug-likeness (QED) is 0.848. The van der Waals surface area contributed by atoms with Crippen molar-refractivity contribution < 1.29 is 9.59 Å². The molecule has 0 aromatic heterocycles. The lowest BCUT2D eigenvalue weighted by Gasteiger charge is -2.32. The molecule has 0 heterocycles. The Balaban J connectivity index is 1.76. The van der Waals surface area contributed by atoms with Gasteiger partial charge in [-0.05, 0) is 52.4 Å². The predicted octanol–water partition coefficient (Wildman–Crippen LogP) is 3.11. The zero-order valence-corrected chi connectivity index (χ0v) is 14.3. The Hall–Kier alpha value is -1.06. The molecule has 22 heavy (non-hydrogen) atoms. The molecule has 2 saturated carbocycles. The highest BCUT2D eigenvalue weighted by Gasteiger charge is 2.32. The highest BCUT2D eigenvalue weighted by atomic mass is 16.2. The summed E-state index contributed by atoms with van der Waals surface area (Å²) in [7, 11) is 0. The van der Waals surface area contributed by atoms with Gasteiger partial charge in [-0.3, -0.25) is 9.59 Å². The number of carbonyl (C=O) groups is 2. The van der Waals surface area contributed by atoms with E-state index in [1.807, 2.05) is 18.7 Å². The van der Waals surface area contributed by atoms with Crippen molar-refractivity contribution in [3.63, 3.8) is 0 Å². The van der Waals surface area contributed by atoms with Crippen molar-refractivity contribution in [3.8, 4) is 0 Å². The van der Waals surface area contributed by atoms with Crippen LogP contribution in [0.2, 0.25) is 0 Å². The molecule has 0 bridgehead atoms. The van der Waals surface area contributed by atoms with Gasteiger partial charge in [0.25, 0.3) is 0 Å². The van der Waals surface area contributed by atoms with E-state index >= 15 is 0 Å². The third-order valence-corrected chi connectivity index (χ3v) is 5.47. The van der Waals surface area contributed by atoms with Crippen LogP contribution in [0.4, 0.5) is 0 Å². The number of hydrogen-bond acceptors (Lipinski definition) is 2. The van der Waals surface area contributed by atoms with Crippen LogP contribution in [0.3, 0.4) is 0 Å². The van der Waals surface area contributed by atoms with Gasteiger partial charge in [-0.25, -0.2) is 0 Å². The lowest BCUT2D eigenvalue weighted by atomic mass is 9.80. The summed E-state index contributed by atoms with van der Waals surface area (Å²) in [5.74, 6) is 0.790. The average Bonchev–Trinajstić information content (AvgIpc) is 2.57. The molecule has 2 aliphatic rings. The molecule has 2 fully saturated rings. The molecule has 0 spiro atoms. The fourth-order valence-electron chi connectivity index (χ4n) is 3.96. The second kappa shape index (κ2) is 8.54. The van der Waals surface area contributed by atoms with Gasteiger partial charge >= 0.3 is 0 Å². The highest BCUT2D eigenvalue weighted by molar-refractivity contribution is 5.81. The first-order valence-electron chi connectivity index (χ1n) is 9.24. The summed E-state index contributed by atoms with van der Waals surface area (Å²) >= 11 is 0. The van der Waals surface area contributed by atoms with Gasteiger partial charge < -0.3 is 10.2 Å². The van der Waals surface area contributed by atoms with Gasteiger partial charge in [0.05, 0.1) is 0 Å². The number of nitrogens with zero attached hydrogens (tertiary/aromatic N) is 1. The molecule has 0 aromatic rings. The van der Waals surface area contributed by atoms with Gasteiger partial charge in [0.2, 0.25) is 11.8 Å². The minimum atomic E-state index is 0.127. The Morgan fingerprint density at radius 1 is 0.864 bits per heavy atom. The van der Waals surface area contributed by atoms with E-state index in [1.165, 1.54) is 19.3 Å². The topological polar surface area (TPSA) is 49.4 Å². The molecular formula is C18H32N2O2. The summed E-state index contributed by atoms with van der Waals surface area (Å²) in [6.45, 7) is 5.64. The summed E-state index contributed by atoms with van der Waals surface area (Å²) in [4.78, 5) is 26.7. The van der Waals surface area contributed by atoms with Crippen LogP contribution >= 0.6 is 0 Å². The lowest BCUT2D eigenvalue weighted by Crippen LogP contribution is -2.42. The van der Waals surface area contributed by atoms with Crippen molar-refractivity contribution in [3.05, 3.63) is 0 Å². The van der Waals surface area contributed by atoms with Crippen molar-refractivity contribution in [2.24, 2.45) is 11.8 Å². The first-order valence-corrected chi connectivity index (χ1v) is 9.24. The fraction of sp³-hybridized carbons (Fsp3) is 0.889. The molecule has 2 amide bonds. The van der Waals surface area contributed by atoms with Gasteiger partial charge in [0, 0.05) is 31.0 Å². The zero-order chi connectivity index (χ0) is 15.9. The number of carbonyl (C=O) groups excluding carboxylic acids is 2.